The molecule has 1 unspecified atom stereocenters. The minimum atomic E-state index is -1.18. The monoisotopic (exact) mass is 524 g/mol. The lowest BCUT2D eigenvalue weighted by atomic mass is 10.1. The molecule has 0 amide bonds. The first-order valence-electron chi connectivity index (χ1n) is 10.9. The maximum absolute atomic E-state index is 12.5. The van der Waals surface area contributed by atoms with E-state index < -0.39 is 12.1 Å². The van der Waals surface area contributed by atoms with Gasteiger partial charge in [-0.15, -0.1) is 0 Å². The molecule has 2 N–H and O–H groups in total. The molecule has 10 heteroatoms. The van der Waals surface area contributed by atoms with Crippen molar-refractivity contribution in [2.24, 2.45) is 0 Å². The number of rotatable bonds is 8. The molecule has 0 fully saturated rings. The van der Waals surface area contributed by atoms with Gasteiger partial charge in [0.25, 0.3) is 0 Å². The van der Waals surface area contributed by atoms with E-state index in [9.17, 15) is 15.0 Å². The number of hydrogen-bond acceptors (Lipinski definition) is 7. The van der Waals surface area contributed by atoms with Crippen LogP contribution in [0.5, 0.6) is 17.2 Å². The van der Waals surface area contributed by atoms with Crippen molar-refractivity contribution in [3.63, 3.8) is 0 Å². The third-order valence-electron chi connectivity index (χ3n) is 5.67. The van der Waals surface area contributed by atoms with Crippen molar-refractivity contribution in [2.75, 3.05) is 13.9 Å². The average Bonchev–Trinajstić information content (AvgIpc) is 3.48. The normalized spacial score (nSPS) is 13.0. The first-order valence-corrected chi connectivity index (χ1v) is 12.1. The number of aliphatic hydroxyl groups is 1. The van der Waals surface area contributed by atoms with Gasteiger partial charge in [-0.25, -0.2) is 9.78 Å². The summed E-state index contributed by atoms with van der Waals surface area (Å²) in [5.41, 5.74) is 1.12. The summed E-state index contributed by atoms with van der Waals surface area (Å²) in [7, 11) is 1.57. The lowest BCUT2D eigenvalue weighted by Crippen LogP contribution is -2.16. The molecule has 184 valence electrons. The number of fused-ring (bicyclic) bond motifs is 1. The van der Waals surface area contributed by atoms with E-state index in [4.69, 9.17) is 25.8 Å². The summed E-state index contributed by atoms with van der Waals surface area (Å²) in [6.07, 6.45) is -1.16. The van der Waals surface area contributed by atoms with Gasteiger partial charge in [0.2, 0.25) is 6.79 Å². The molecule has 2 heterocycles. The molecular formula is C26H21ClN2O6S. The Morgan fingerprint density at radius 3 is 2.50 bits per heavy atom. The number of aromatic nitrogens is 2. The molecule has 1 aliphatic heterocycles. The first kappa shape index (κ1) is 24.1. The Labute approximate surface area is 216 Å². The summed E-state index contributed by atoms with van der Waals surface area (Å²) in [4.78, 5) is 17.9. The van der Waals surface area contributed by atoms with Crippen LogP contribution in [0.4, 0.5) is 0 Å². The van der Waals surface area contributed by atoms with Gasteiger partial charge in [-0.3, -0.25) is 0 Å². The van der Waals surface area contributed by atoms with Gasteiger partial charge in [0, 0.05) is 16.0 Å². The highest BCUT2D eigenvalue weighted by molar-refractivity contribution is 7.99. The van der Waals surface area contributed by atoms with Crippen molar-refractivity contribution in [2.45, 2.75) is 22.6 Å². The van der Waals surface area contributed by atoms with Gasteiger partial charge in [0.1, 0.15) is 22.7 Å². The molecule has 4 aromatic rings. The SMILES string of the molecule is COc1ccc(Sc2nc(C(O)c3ccccc3)n(Cc3cc4c(cc3Cl)OCO4)c2C(=O)O)cc1. The second kappa shape index (κ2) is 10.1. The summed E-state index contributed by atoms with van der Waals surface area (Å²) in [6, 6.07) is 19.5. The highest BCUT2D eigenvalue weighted by Gasteiger charge is 2.29. The van der Waals surface area contributed by atoms with Crippen LogP contribution in [-0.4, -0.2) is 39.6 Å². The topological polar surface area (TPSA) is 103 Å². The molecule has 1 atom stereocenters. The number of aliphatic hydroxyl groups excluding tert-OH is 1. The minimum Gasteiger partial charge on any atom is -0.497 e. The Balaban J connectivity index is 1.61. The fourth-order valence-electron chi connectivity index (χ4n) is 3.88. The number of benzene rings is 3. The number of halogens is 1. The maximum Gasteiger partial charge on any atom is 0.355 e. The van der Waals surface area contributed by atoms with Crippen LogP contribution in [0.25, 0.3) is 0 Å². The van der Waals surface area contributed by atoms with Gasteiger partial charge in [0.05, 0.1) is 13.7 Å². The number of ether oxygens (including phenoxy) is 3. The highest BCUT2D eigenvalue weighted by atomic mass is 35.5. The van der Waals surface area contributed by atoms with E-state index in [1.807, 2.05) is 18.2 Å². The van der Waals surface area contributed by atoms with Crippen molar-refractivity contribution in [3.05, 3.63) is 94.4 Å². The van der Waals surface area contributed by atoms with Crippen molar-refractivity contribution in [1.82, 2.24) is 9.55 Å². The lowest BCUT2D eigenvalue weighted by Gasteiger charge is -2.16. The molecule has 1 aromatic heterocycles. The minimum absolute atomic E-state index is 0.0481. The van der Waals surface area contributed by atoms with E-state index in [1.165, 1.54) is 16.3 Å². The van der Waals surface area contributed by atoms with E-state index in [2.05, 4.69) is 4.98 Å². The summed E-state index contributed by atoms with van der Waals surface area (Å²) in [5, 5.41) is 22.1. The van der Waals surface area contributed by atoms with Crippen LogP contribution in [-0.2, 0) is 6.54 Å². The molecule has 8 nitrogen and oxygen atoms in total. The molecular weight excluding hydrogens is 504 g/mol. The van der Waals surface area contributed by atoms with Gasteiger partial charge in [-0.05, 0) is 41.5 Å². The number of methoxy groups -OCH3 is 1. The standard InChI is InChI=1S/C26H21ClN2O6S/c1-33-17-7-9-18(10-8-17)36-25-22(26(31)32)29(24(28-25)23(30)15-5-3-2-4-6-15)13-16-11-20-21(12-19(16)27)35-14-34-20/h2-12,23,30H,13-14H2,1H3,(H,31,32). The van der Waals surface area contributed by atoms with E-state index in [0.717, 1.165) is 4.90 Å². The number of carbonyl (C=O) groups is 1. The molecule has 36 heavy (non-hydrogen) atoms. The quantitative estimate of drug-likeness (QED) is 0.322. The molecule has 1 aliphatic rings. The highest BCUT2D eigenvalue weighted by Crippen LogP contribution is 2.39. The molecule has 0 radical (unpaired) electrons. The second-order valence-corrected chi connectivity index (χ2v) is 9.37. The van der Waals surface area contributed by atoms with Crippen LogP contribution in [0, 0.1) is 0 Å². The fraction of sp³-hybridized carbons (Fsp3) is 0.154. The van der Waals surface area contributed by atoms with E-state index in [-0.39, 0.29) is 29.9 Å². The summed E-state index contributed by atoms with van der Waals surface area (Å²) in [5.74, 6) is 0.726. The molecule has 0 bridgehead atoms. The Morgan fingerprint density at radius 1 is 1.14 bits per heavy atom. The Kier molecular flexibility index (Phi) is 6.77. The molecule has 0 spiro atoms. The van der Waals surface area contributed by atoms with Crippen LogP contribution in [0.15, 0.2) is 76.7 Å². The third kappa shape index (κ3) is 4.73. The zero-order valence-electron chi connectivity index (χ0n) is 19.1. The molecule has 0 saturated heterocycles. The van der Waals surface area contributed by atoms with Crippen LogP contribution < -0.4 is 14.2 Å². The van der Waals surface area contributed by atoms with Gasteiger partial charge >= 0.3 is 5.97 Å². The molecule has 0 saturated carbocycles. The number of carboxylic acid groups (broad SMARTS) is 1. The molecule has 5 rings (SSSR count). The molecule has 3 aromatic carbocycles. The first-order chi connectivity index (χ1) is 17.4. The van der Waals surface area contributed by atoms with Crippen molar-refractivity contribution >= 4 is 29.3 Å². The maximum atomic E-state index is 12.5. The Hall–Kier alpha value is -3.66. The van der Waals surface area contributed by atoms with Crippen LogP contribution in [0.3, 0.4) is 0 Å². The Morgan fingerprint density at radius 2 is 1.83 bits per heavy atom. The number of nitrogens with zero attached hydrogens (tertiary/aromatic N) is 2. The Bertz CT molecular complexity index is 1410. The van der Waals surface area contributed by atoms with Crippen molar-refractivity contribution in [1.29, 1.82) is 0 Å². The fourth-order valence-corrected chi connectivity index (χ4v) is 5.03. The van der Waals surface area contributed by atoms with Crippen molar-refractivity contribution < 1.29 is 29.2 Å². The summed E-state index contributed by atoms with van der Waals surface area (Å²) >= 11 is 7.69. The number of imidazole rings is 1. The average molecular weight is 525 g/mol. The van der Waals surface area contributed by atoms with Crippen LogP contribution in [0.1, 0.15) is 33.5 Å². The smallest absolute Gasteiger partial charge is 0.355 e. The zero-order valence-corrected chi connectivity index (χ0v) is 20.6. The van der Waals surface area contributed by atoms with Gasteiger partial charge in [-0.1, -0.05) is 53.7 Å². The van der Waals surface area contributed by atoms with Crippen LogP contribution >= 0.6 is 23.4 Å². The van der Waals surface area contributed by atoms with E-state index in [1.54, 1.807) is 55.6 Å². The van der Waals surface area contributed by atoms with E-state index in [0.29, 0.717) is 33.4 Å². The van der Waals surface area contributed by atoms with Crippen molar-refractivity contribution in [3.8, 4) is 17.2 Å². The zero-order chi connectivity index (χ0) is 25.2. The number of aromatic carboxylic acids is 1. The largest absolute Gasteiger partial charge is 0.497 e. The van der Waals surface area contributed by atoms with Gasteiger partial charge < -0.3 is 29.0 Å². The number of hydrogen-bond donors (Lipinski definition) is 2. The predicted molar refractivity (Wildman–Crippen MR) is 133 cm³/mol. The van der Waals surface area contributed by atoms with Gasteiger partial charge in [0.15, 0.2) is 17.2 Å². The lowest BCUT2D eigenvalue weighted by molar-refractivity contribution is 0.0680. The second-order valence-electron chi connectivity index (χ2n) is 7.90. The summed E-state index contributed by atoms with van der Waals surface area (Å²) in [6.45, 7) is 0.133. The van der Waals surface area contributed by atoms with Crippen LogP contribution in [0.2, 0.25) is 5.02 Å². The van der Waals surface area contributed by atoms with Gasteiger partial charge in [-0.2, -0.15) is 0 Å². The number of carboxylic acids is 1. The third-order valence-corrected chi connectivity index (χ3v) is 7.01. The summed E-state index contributed by atoms with van der Waals surface area (Å²) < 4.78 is 17.5. The molecule has 0 aliphatic carbocycles. The predicted octanol–water partition coefficient (Wildman–Crippen LogP) is 5.25. The van der Waals surface area contributed by atoms with E-state index >= 15 is 0 Å².